The minimum absolute atomic E-state index is 0.269. The quantitative estimate of drug-likeness (QED) is 0.746. The summed E-state index contributed by atoms with van der Waals surface area (Å²) < 4.78 is 15.9. The number of anilines is 1. The van der Waals surface area contributed by atoms with Crippen LogP contribution >= 0.6 is 0 Å². The first-order valence-electron chi connectivity index (χ1n) is 7.79. The predicted molar refractivity (Wildman–Crippen MR) is 94.1 cm³/mol. The highest BCUT2D eigenvalue weighted by molar-refractivity contribution is 6.04. The number of carbonyl (C=O) groups is 1. The van der Waals surface area contributed by atoms with E-state index in [4.69, 9.17) is 19.5 Å². The Balaban J connectivity index is 2.08. The Hall–Kier alpha value is -3.04. The summed E-state index contributed by atoms with van der Waals surface area (Å²) >= 11 is 0. The molecule has 0 aliphatic rings. The molecule has 1 amide bonds. The SMILES string of the molecule is COCCCOc1cc(C(=O)Nc2ccc(C#N)cc2)ccc1OC. The van der Waals surface area contributed by atoms with Crippen LogP contribution in [0.3, 0.4) is 0 Å². The Morgan fingerprint density at radius 2 is 1.84 bits per heavy atom. The third kappa shape index (κ3) is 5.23. The van der Waals surface area contributed by atoms with Crippen LogP contribution in [0.4, 0.5) is 5.69 Å². The molecule has 0 unspecified atom stereocenters. The van der Waals surface area contributed by atoms with Crippen molar-refractivity contribution >= 4 is 11.6 Å². The Morgan fingerprint density at radius 3 is 2.48 bits per heavy atom. The van der Waals surface area contributed by atoms with Gasteiger partial charge in [-0.05, 0) is 42.5 Å². The number of amides is 1. The van der Waals surface area contributed by atoms with E-state index in [-0.39, 0.29) is 5.91 Å². The zero-order valence-electron chi connectivity index (χ0n) is 14.2. The summed E-state index contributed by atoms with van der Waals surface area (Å²) in [5.74, 6) is 0.799. The van der Waals surface area contributed by atoms with Crippen LogP contribution in [0.15, 0.2) is 42.5 Å². The maximum atomic E-state index is 12.4. The first kappa shape index (κ1) is 18.3. The largest absolute Gasteiger partial charge is 0.493 e. The van der Waals surface area contributed by atoms with E-state index in [2.05, 4.69) is 5.32 Å². The molecule has 0 fully saturated rings. The topological polar surface area (TPSA) is 80.6 Å². The third-order valence-corrected chi connectivity index (χ3v) is 3.45. The molecular formula is C19H20N2O4. The lowest BCUT2D eigenvalue weighted by atomic mass is 10.1. The summed E-state index contributed by atoms with van der Waals surface area (Å²) in [7, 11) is 3.18. The van der Waals surface area contributed by atoms with Gasteiger partial charge in [-0.15, -0.1) is 0 Å². The highest BCUT2D eigenvalue weighted by Crippen LogP contribution is 2.28. The molecule has 0 aliphatic heterocycles. The summed E-state index contributed by atoms with van der Waals surface area (Å²) in [4.78, 5) is 12.4. The summed E-state index contributed by atoms with van der Waals surface area (Å²) in [5, 5.41) is 11.6. The Kier molecular flexibility index (Phi) is 6.81. The monoisotopic (exact) mass is 340 g/mol. The molecule has 0 saturated carbocycles. The van der Waals surface area contributed by atoms with E-state index in [0.717, 1.165) is 6.42 Å². The molecule has 1 N–H and O–H groups in total. The maximum absolute atomic E-state index is 12.4. The molecule has 6 nitrogen and oxygen atoms in total. The van der Waals surface area contributed by atoms with Crippen LogP contribution in [0.5, 0.6) is 11.5 Å². The lowest BCUT2D eigenvalue weighted by Crippen LogP contribution is -2.12. The van der Waals surface area contributed by atoms with E-state index in [0.29, 0.717) is 41.5 Å². The average Bonchev–Trinajstić information content (AvgIpc) is 2.65. The van der Waals surface area contributed by atoms with Gasteiger partial charge < -0.3 is 19.5 Å². The molecule has 0 aliphatic carbocycles. The summed E-state index contributed by atoms with van der Waals surface area (Å²) in [6.07, 6.45) is 0.737. The molecule has 0 spiro atoms. The van der Waals surface area contributed by atoms with Gasteiger partial charge in [-0.25, -0.2) is 0 Å². The van der Waals surface area contributed by atoms with Crippen molar-refractivity contribution < 1.29 is 19.0 Å². The number of carbonyl (C=O) groups excluding carboxylic acids is 1. The van der Waals surface area contributed by atoms with Gasteiger partial charge in [-0.1, -0.05) is 0 Å². The van der Waals surface area contributed by atoms with Crippen molar-refractivity contribution in [3.63, 3.8) is 0 Å². The molecular weight excluding hydrogens is 320 g/mol. The second-order valence-corrected chi connectivity index (χ2v) is 5.20. The van der Waals surface area contributed by atoms with Gasteiger partial charge in [0, 0.05) is 31.4 Å². The minimum Gasteiger partial charge on any atom is -0.493 e. The van der Waals surface area contributed by atoms with E-state index in [1.165, 1.54) is 0 Å². The molecule has 25 heavy (non-hydrogen) atoms. The van der Waals surface area contributed by atoms with Gasteiger partial charge in [0.25, 0.3) is 5.91 Å². The normalized spacial score (nSPS) is 9.96. The van der Waals surface area contributed by atoms with Gasteiger partial charge in [0.1, 0.15) is 0 Å². The standard InChI is InChI=1S/C19H20N2O4/c1-23-10-3-11-25-18-12-15(6-9-17(18)24-2)19(22)21-16-7-4-14(13-20)5-8-16/h4-9,12H,3,10-11H2,1-2H3,(H,21,22). The number of nitrogens with zero attached hydrogens (tertiary/aromatic N) is 1. The lowest BCUT2D eigenvalue weighted by Gasteiger charge is -2.12. The molecule has 6 heteroatoms. The fraction of sp³-hybridized carbons (Fsp3) is 0.263. The van der Waals surface area contributed by atoms with Gasteiger partial charge >= 0.3 is 0 Å². The third-order valence-electron chi connectivity index (χ3n) is 3.45. The number of hydrogen-bond acceptors (Lipinski definition) is 5. The summed E-state index contributed by atoms with van der Waals surface area (Å²) in [5.41, 5.74) is 1.60. The molecule has 0 radical (unpaired) electrons. The zero-order chi connectivity index (χ0) is 18.1. The molecule has 2 aromatic carbocycles. The minimum atomic E-state index is -0.269. The zero-order valence-corrected chi connectivity index (χ0v) is 14.2. The van der Waals surface area contributed by atoms with Gasteiger partial charge in [0.15, 0.2) is 11.5 Å². The smallest absolute Gasteiger partial charge is 0.255 e. The Labute approximate surface area is 146 Å². The van der Waals surface area contributed by atoms with Crippen LogP contribution in [0, 0.1) is 11.3 Å². The number of benzene rings is 2. The summed E-state index contributed by atoms with van der Waals surface area (Å²) in [6, 6.07) is 13.7. The second-order valence-electron chi connectivity index (χ2n) is 5.20. The van der Waals surface area contributed by atoms with E-state index in [9.17, 15) is 4.79 Å². The van der Waals surface area contributed by atoms with E-state index in [1.54, 1.807) is 56.7 Å². The van der Waals surface area contributed by atoms with Crippen molar-refractivity contribution in [2.45, 2.75) is 6.42 Å². The van der Waals surface area contributed by atoms with Crippen molar-refractivity contribution in [1.82, 2.24) is 0 Å². The average molecular weight is 340 g/mol. The lowest BCUT2D eigenvalue weighted by molar-refractivity contribution is 0.102. The van der Waals surface area contributed by atoms with Crippen LogP contribution in [0.25, 0.3) is 0 Å². The maximum Gasteiger partial charge on any atom is 0.255 e. The van der Waals surface area contributed by atoms with E-state index < -0.39 is 0 Å². The van der Waals surface area contributed by atoms with Crippen molar-refractivity contribution in [2.75, 3.05) is 32.8 Å². The fourth-order valence-corrected chi connectivity index (χ4v) is 2.15. The number of nitriles is 1. The molecule has 2 rings (SSSR count). The highest BCUT2D eigenvalue weighted by Gasteiger charge is 2.12. The highest BCUT2D eigenvalue weighted by atomic mass is 16.5. The van der Waals surface area contributed by atoms with Crippen molar-refractivity contribution in [3.05, 3.63) is 53.6 Å². The Morgan fingerprint density at radius 1 is 1.08 bits per heavy atom. The van der Waals surface area contributed by atoms with Crippen molar-refractivity contribution in [2.24, 2.45) is 0 Å². The molecule has 0 heterocycles. The van der Waals surface area contributed by atoms with Crippen LogP contribution < -0.4 is 14.8 Å². The fourth-order valence-electron chi connectivity index (χ4n) is 2.15. The number of hydrogen-bond donors (Lipinski definition) is 1. The first-order chi connectivity index (χ1) is 12.2. The first-order valence-corrected chi connectivity index (χ1v) is 7.79. The number of methoxy groups -OCH3 is 2. The molecule has 0 bridgehead atoms. The van der Waals surface area contributed by atoms with Crippen molar-refractivity contribution in [1.29, 1.82) is 5.26 Å². The molecule has 130 valence electrons. The molecule has 0 saturated heterocycles. The van der Waals surface area contributed by atoms with Gasteiger partial charge in [-0.2, -0.15) is 5.26 Å². The molecule has 2 aromatic rings. The van der Waals surface area contributed by atoms with Crippen LogP contribution in [0.2, 0.25) is 0 Å². The number of ether oxygens (including phenoxy) is 3. The van der Waals surface area contributed by atoms with Gasteiger partial charge in [-0.3, -0.25) is 4.79 Å². The van der Waals surface area contributed by atoms with Crippen LogP contribution in [-0.2, 0) is 4.74 Å². The molecule has 0 atom stereocenters. The van der Waals surface area contributed by atoms with Gasteiger partial charge in [0.2, 0.25) is 0 Å². The van der Waals surface area contributed by atoms with E-state index in [1.807, 2.05) is 6.07 Å². The molecule has 0 aromatic heterocycles. The van der Waals surface area contributed by atoms with E-state index >= 15 is 0 Å². The van der Waals surface area contributed by atoms with Gasteiger partial charge in [0.05, 0.1) is 25.3 Å². The number of rotatable bonds is 8. The predicted octanol–water partition coefficient (Wildman–Crippen LogP) is 3.23. The Bertz CT molecular complexity index is 751. The van der Waals surface area contributed by atoms with Crippen molar-refractivity contribution in [3.8, 4) is 17.6 Å². The summed E-state index contributed by atoms with van der Waals surface area (Å²) in [6.45, 7) is 1.06. The number of nitrogens with one attached hydrogen (secondary N) is 1. The van der Waals surface area contributed by atoms with Crippen LogP contribution in [-0.4, -0.2) is 33.3 Å². The van der Waals surface area contributed by atoms with Crippen LogP contribution in [0.1, 0.15) is 22.3 Å². The second kappa shape index (κ2) is 9.30.